The number of aromatic nitrogens is 5. The van der Waals surface area contributed by atoms with Crippen molar-refractivity contribution >= 4 is 94.6 Å². The topological polar surface area (TPSA) is 165 Å². The number of pyridine rings is 1. The average Bonchev–Trinajstić information content (AvgIpc) is 3.83. The Balaban J connectivity index is 0.000000234. The number of carbonyl (C=O) groups is 4. The van der Waals surface area contributed by atoms with Crippen LogP contribution in [0.3, 0.4) is 0 Å². The molecule has 5 aromatic rings. The zero-order valence-corrected chi connectivity index (χ0v) is 37.3. The lowest BCUT2D eigenvalue weighted by Crippen LogP contribution is -2.46. The average molecular weight is 1010 g/mol. The number of halogens is 6. The van der Waals surface area contributed by atoms with Crippen LogP contribution in [0.2, 0.25) is 5.02 Å². The Labute approximate surface area is 362 Å². The lowest BCUT2D eigenvalue weighted by Gasteiger charge is -2.23. The number of rotatable bonds is 8. The van der Waals surface area contributed by atoms with Gasteiger partial charge in [0.1, 0.15) is 16.0 Å². The zero-order chi connectivity index (χ0) is 42.6. The second kappa shape index (κ2) is 18.5. The smallest absolute Gasteiger partial charge is 0.425 e. The van der Waals surface area contributed by atoms with Crippen molar-refractivity contribution in [2.24, 2.45) is 7.05 Å². The van der Waals surface area contributed by atoms with Crippen LogP contribution in [-0.4, -0.2) is 67.0 Å². The van der Waals surface area contributed by atoms with Crippen LogP contribution in [0.4, 0.5) is 25.0 Å². The fraction of sp³-hybridized carbons (Fsp3) is 0.289. The van der Waals surface area contributed by atoms with Gasteiger partial charge in [0, 0.05) is 46.7 Å². The van der Waals surface area contributed by atoms with E-state index in [-0.39, 0.29) is 40.3 Å². The second-order valence-electron chi connectivity index (χ2n) is 13.6. The van der Waals surface area contributed by atoms with Crippen LogP contribution in [0.15, 0.2) is 74.5 Å². The molecule has 1 unspecified atom stereocenters. The second-order valence-corrected chi connectivity index (χ2v) is 16.6. The highest BCUT2D eigenvalue weighted by Gasteiger charge is 2.36. The summed E-state index contributed by atoms with van der Waals surface area (Å²) in [5.41, 5.74) is 5.19. The Morgan fingerprint density at radius 3 is 2.41 bits per heavy atom. The van der Waals surface area contributed by atoms with Crippen molar-refractivity contribution < 1.29 is 32.7 Å². The number of nitrogens with zero attached hydrogens (tertiary/aromatic N) is 6. The van der Waals surface area contributed by atoms with Crippen LogP contribution < -0.4 is 16.1 Å². The maximum Gasteiger partial charge on any atom is 0.425 e. The molecule has 20 heteroatoms. The van der Waals surface area contributed by atoms with Gasteiger partial charge in [-0.25, -0.2) is 33.7 Å². The molecule has 3 N–H and O–H groups in total. The van der Waals surface area contributed by atoms with Crippen molar-refractivity contribution in [2.45, 2.75) is 51.9 Å². The first-order valence-corrected chi connectivity index (χ1v) is 20.2. The van der Waals surface area contributed by atoms with E-state index >= 15 is 0 Å². The van der Waals surface area contributed by atoms with Gasteiger partial charge in [-0.05, 0) is 98.0 Å². The van der Waals surface area contributed by atoms with Gasteiger partial charge in [-0.2, -0.15) is 10.2 Å². The number of carbonyl (C=O) groups excluding carboxylic acids is 4. The fourth-order valence-corrected chi connectivity index (χ4v) is 8.54. The molecule has 6 rings (SSSR count). The molecule has 1 aliphatic carbocycles. The van der Waals surface area contributed by atoms with Crippen LogP contribution in [-0.2, 0) is 17.2 Å². The van der Waals surface area contributed by atoms with E-state index in [4.69, 9.17) is 11.6 Å². The van der Waals surface area contributed by atoms with Crippen molar-refractivity contribution in [3.63, 3.8) is 0 Å². The van der Waals surface area contributed by atoms with E-state index in [1.165, 1.54) is 53.6 Å². The minimum atomic E-state index is -2.79. The minimum absolute atomic E-state index is 0.0396. The lowest BCUT2D eigenvalue weighted by atomic mass is 9.86. The number of benzene rings is 2. The first-order chi connectivity index (χ1) is 27.4. The molecule has 58 heavy (non-hydrogen) atoms. The summed E-state index contributed by atoms with van der Waals surface area (Å²) in [6.45, 7) is 8.29. The molecule has 0 fully saturated rings. The van der Waals surface area contributed by atoms with Crippen LogP contribution in [0.25, 0.3) is 5.82 Å². The summed E-state index contributed by atoms with van der Waals surface area (Å²) in [7, 11) is 2.71. The Hall–Kier alpha value is -4.72. The predicted octanol–water partition coefficient (Wildman–Crippen LogP) is 9.59. The van der Waals surface area contributed by atoms with Gasteiger partial charge in [-0.1, -0.05) is 60.4 Å². The Morgan fingerprint density at radius 2 is 1.76 bits per heavy atom. The quantitative estimate of drug-likeness (QED) is 0.129. The van der Waals surface area contributed by atoms with Crippen molar-refractivity contribution in [1.82, 2.24) is 35.0 Å². The standard InChI is InChI=1S/C20H16Br3ClN6O4.C18H21F2N3O/c1-3-29(28-20(33)34-2)19(32)11-7-10(21)8-12(22)16(11)26-18(31)14-9-15(23)27-30(14)17-13(24)5-4-6-25-17;1-10-8-18(2,3)12-6-5-7-13(14(10)12)21-17(24)11-9-23(4)22-15(11)16(19)20/h4-9H,3H2,1-2H3,(H,26,31)(H,28,33);5-7,9-10,16H,8H2,1-4H3,(H,21,24). The molecule has 3 aromatic heterocycles. The van der Waals surface area contributed by atoms with Gasteiger partial charge in [0.25, 0.3) is 24.1 Å². The van der Waals surface area contributed by atoms with E-state index in [9.17, 15) is 28.0 Å². The predicted molar refractivity (Wildman–Crippen MR) is 225 cm³/mol. The van der Waals surface area contributed by atoms with E-state index in [2.05, 4.69) is 111 Å². The molecule has 2 aromatic carbocycles. The Bertz CT molecular complexity index is 2390. The third-order valence-corrected chi connectivity index (χ3v) is 10.8. The lowest BCUT2D eigenvalue weighted by molar-refractivity contribution is 0.0644. The summed E-state index contributed by atoms with van der Waals surface area (Å²) in [5, 5.41) is 14.8. The number of anilines is 2. The molecule has 14 nitrogen and oxygen atoms in total. The number of hydrogen-bond acceptors (Lipinski definition) is 8. The highest BCUT2D eigenvalue weighted by Crippen LogP contribution is 2.48. The monoisotopic (exact) mass is 1010 g/mol. The summed E-state index contributed by atoms with van der Waals surface area (Å²) in [6, 6.07) is 13.7. The molecule has 1 atom stereocenters. The molecule has 306 valence electrons. The van der Waals surface area contributed by atoms with E-state index in [0.29, 0.717) is 30.2 Å². The molecule has 3 heterocycles. The maximum atomic E-state index is 13.3. The van der Waals surface area contributed by atoms with E-state index in [1.807, 2.05) is 12.1 Å². The summed E-state index contributed by atoms with van der Waals surface area (Å²) in [6.07, 6.45) is 0.244. The fourth-order valence-electron chi connectivity index (χ4n) is 6.63. The van der Waals surface area contributed by atoms with Crippen LogP contribution >= 0.6 is 59.4 Å². The minimum Gasteiger partial charge on any atom is -0.452 e. The molecule has 4 amide bonds. The Morgan fingerprint density at radius 1 is 1.03 bits per heavy atom. The molecule has 0 radical (unpaired) electrons. The van der Waals surface area contributed by atoms with Gasteiger partial charge < -0.3 is 15.4 Å². The Kier molecular flexibility index (Phi) is 14.1. The molecule has 1 aliphatic rings. The molecule has 0 saturated heterocycles. The molecule has 0 aliphatic heterocycles. The number of hydrogen-bond donors (Lipinski definition) is 3. The van der Waals surface area contributed by atoms with Crippen molar-refractivity contribution in [3.8, 4) is 5.82 Å². The number of aryl methyl sites for hydroxylation is 1. The number of alkyl halides is 2. The van der Waals surface area contributed by atoms with Gasteiger partial charge in [0.2, 0.25) is 0 Å². The maximum absolute atomic E-state index is 13.3. The number of nitrogens with one attached hydrogen (secondary N) is 3. The van der Waals surface area contributed by atoms with Gasteiger partial charge in [0.15, 0.2) is 5.82 Å². The van der Waals surface area contributed by atoms with Crippen molar-refractivity contribution in [2.75, 3.05) is 24.3 Å². The third kappa shape index (κ3) is 9.76. The highest BCUT2D eigenvalue weighted by atomic mass is 79.9. The number of amides is 4. The largest absolute Gasteiger partial charge is 0.452 e. The number of ether oxygens (including phenoxy) is 1. The van der Waals surface area contributed by atoms with Gasteiger partial charge in [-0.15, -0.1) is 0 Å². The highest BCUT2D eigenvalue weighted by molar-refractivity contribution is 9.11. The molecule has 0 saturated carbocycles. The number of hydrazine groups is 1. The molecule has 0 bridgehead atoms. The zero-order valence-electron chi connectivity index (χ0n) is 31.8. The number of methoxy groups -OCH3 is 1. The third-order valence-electron chi connectivity index (χ3n) is 9.05. The van der Waals surface area contributed by atoms with E-state index in [0.717, 1.165) is 17.0 Å². The van der Waals surface area contributed by atoms with Gasteiger partial charge >= 0.3 is 6.09 Å². The summed E-state index contributed by atoms with van der Waals surface area (Å²) < 4.78 is 34.6. The van der Waals surface area contributed by atoms with E-state index < -0.39 is 35.9 Å². The van der Waals surface area contributed by atoms with E-state index in [1.54, 1.807) is 25.1 Å². The first kappa shape index (κ1) is 44.4. The SMILES string of the molecule is CC1CC(C)(C)c2cccc(NC(=O)c3cn(C)nc3C(F)F)c21.CCN(NC(=O)OC)C(=O)c1cc(Br)cc(Br)c1NC(=O)c1cc(Br)nn1-c1ncccc1Cl. The summed E-state index contributed by atoms with van der Waals surface area (Å²) in [5.74, 6) is -1.15. The molecular weight excluding hydrogens is 976 g/mol. The van der Waals surface area contributed by atoms with Crippen LogP contribution in [0, 0.1) is 0 Å². The first-order valence-electron chi connectivity index (χ1n) is 17.5. The molecular formula is C38H37Br3ClF2N9O5. The van der Waals surface area contributed by atoms with Crippen molar-refractivity contribution in [3.05, 3.63) is 113 Å². The summed E-state index contributed by atoms with van der Waals surface area (Å²) in [4.78, 5) is 54.9. The van der Waals surface area contributed by atoms with Crippen molar-refractivity contribution in [1.29, 1.82) is 0 Å². The van der Waals surface area contributed by atoms with Crippen LogP contribution in [0.5, 0.6) is 0 Å². The van der Waals surface area contributed by atoms with Gasteiger partial charge in [0.05, 0.1) is 28.9 Å². The molecule has 0 spiro atoms. The number of fused-ring (bicyclic) bond motifs is 1. The summed E-state index contributed by atoms with van der Waals surface area (Å²) >= 11 is 16.2. The van der Waals surface area contributed by atoms with Crippen LogP contribution in [0.1, 0.15) is 94.5 Å². The normalized spacial score (nSPS) is 13.9. The van der Waals surface area contributed by atoms with Gasteiger partial charge in [-0.3, -0.25) is 19.1 Å².